The summed E-state index contributed by atoms with van der Waals surface area (Å²) >= 11 is 0. The molecule has 0 aliphatic heterocycles. The molecule has 0 fully saturated rings. The van der Waals surface area contributed by atoms with E-state index in [0.717, 1.165) is 17.3 Å². The summed E-state index contributed by atoms with van der Waals surface area (Å²) in [5.74, 6) is -0.693. The summed E-state index contributed by atoms with van der Waals surface area (Å²) in [6.07, 6.45) is 0.466. The Morgan fingerprint density at radius 3 is 2.20 bits per heavy atom. The molecule has 2 aromatic carbocycles. The topological polar surface area (TPSA) is 50.4 Å². The van der Waals surface area contributed by atoms with Gasteiger partial charge in [0.1, 0.15) is 17.5 Å². The zero-order chi connectivity index (χ0) is 14.5. The van der Waals surface area contributed by atoms with Crippen LogP contribution in [0.3, 0.4) is 0 Å². The van der Waals surface area contributed by atoms with Crippen molar-refractivity contribution in [2.24, 2.45) is 10.8 Å². The first-order valence-electron chi connectivity index (χ1n) is 6.12. The van der Waals surface area contributed by atoms with Gasteiger partial charge in [-0.2, -0.15) is 5.10 Å². The van der Waals surface area contributed by atoms with Gasteiger partial charge in [-0.15, -0.1) is 0 Å². The Bertz CT molecular complexity index is 597. The zero-order valence-electron chi connectivity index (χ0n) is 11.0. The molecule has 2 rings (SSSR count). The fourth-order valence-corrected chi connectivity index (χ4v) is 1.80. The van der Waals surface area contributed by atoms with Gasteiger partial charge in [0.05, 0.1) is 5.69 Å². The number of nitrogens with one attached hydrogen (secondary N) is 1. The molecule has 0 saturated carbocycles. The minimum absolute atomic E-state index is 0.435. The quantitative estimate of drug-likeness (QED) is 0.511. The van der Waals surface area contributed by atoms with Crippen LogP contribution in [0.25, 0.3) is 0 Å². The van der Waals surface area contributed by atoms with Crippen LogP contribution >= 0.6 is 0 Å². The van der Waals surface area contributed by atoms with Crippen LogP contribution in [-0.4, -0.2) is 5.84 Å². The van der Waals surface area contributed by atoms with Crippen LogP contribution < -0.4 is 11.2 Å². The molecule has 0 saturated heterocycles. The van der Waals surface area contributed by atoms with Gasteiger partial charge in [-0.25, -0.2) is 8.78 Å². The Morgan fingerprint density at radius 1 is 1.05 bits per heavy atom. The minimum Gasteiger partial charge on any atom is -0.386 e. The lowest BCUT2D eigenvalue weighted by Crippen LogP contribution is -2.07. The van der Waals surface area contributed by atoms with E-state index < -0.39 is 11.6 Å². The molecular weight excluding hydrogens is 260 g/mol. The van der Waals surface area contributed by atoms with E-state index in [1.165, 1.54) is 12.1 Å². The molecule has 0 aromatic heterocycles. The average Bonchev–Trinajstić information content (AvgIpc) is 2.36. The first-order valence-corrected chi connectivity index (χ1v) is 6.12. The van der Waals surface area contributed by atoms with Crippen LogP contribution in [0.2, 0.25) is 0 Å². The van der Waals surface area contributed by atoms with Gasteiger partial charge in [0, 0.05) is 6.07 Å². The minimum atomic E-state index is -0.564. The van der Waals surface area contributed by atoms with Crippen molar-refractivity contribution in [3.63, 3.8) is 0 Å². The maximum absolute atomic E-state index is 13.1. The average molecular weight is 275 g/mol. The van der Waals surface area contributed by atoms with Gasteiger partial charge in [0.15, 0.2) is 0 Å². The van der Waals surface area contributed by atoms with E-state index in [0.29, 0.717) is 17.8 Å². The van der Waals surface area contributed by atoms with Gasteiger partial charge in [-0.05, 0) is 48.7 Å². The smallest absolute Gasteiger partial charge is 0.126 e. The summed E-state index contributed by atoms with van der Waals surface area (Å²) in [5, 5.41) is 3.88. The largest absolute Gasteiger partial charge is 0.386 e. The molecular formula is C15H15F2N3. The summed E-state index contributed by atoms with van der Waals surface area (Å²) in [4.78, 5) is 0. The highest BCUT2D eigenvalue weighted by atomic mass is 19.1. The summed E-state index contributed by atoms with van der Waals surface area (Å²) in [5.41, 5.74) is 10.6. The normalized spacial score (nSPS) is 11.4. The summed E-state index contributed by atoms with van der Waals surface area (Å²) < 4.78 is 26.2. The van der Waals surface area contributed by atoms with Gasteiger partial charge in [-0.3, -0.25) is 5.43 Å². The first kappa shape index (κ1) is 14.0. The highest BCUT2D eigenvalue weighted by molar-refractivity contribution is 5.78. The van der Waals surface area contributed by atoms with E-state index in [9.17, 15) is 8.78 Å². The Labute approximate surface area is 116 Å². The number of hydrogen-bond donors (Lipinski definition) is 2. The van der Waals surface area contributed by atoms with Crippen LogP contribution in [0.1, 0.15) is 18.1 Å². The van der Waals surface area contributed by atoms with Crippen LogP contribution in [0, 0.1) is 11.6 Å². The van der Waals surface area contributed by atoms with E-state index >= 15 is 0 Å². The number of nitrogens with zero attached hydrogens (tertiary/aromatic N) is 1. The molecule has 0 aliphatic rings. The number of nitrogens with two attached hydrogens (primary N) is 1. The van der Waals surface area contributed by atoms with Crippen molar-refractivity contribution >= 4 is 11.5 Å². The fourth-order valence-electron chi connectivity index (χ4n) is 1.80. The number of anilines is 1. The fraction of sp³-hybridized carbons (Fsp3) is 0.133. The molecule has 3 N–H and O–H groups in total. The van der Waals surface area contributed by atoms with Crippen LogP contribution in [-0.2, 0) is 6.42 Å². The van der Waals surface area contributed by atoms with Crippen molar-refractivity contribution in [3.8, 4) is 0 Å². The van der Waals surface area contributed by atoms with Gasteiger partial charge in [0.25, 0.3) is 0 Å². The summed E-state index contributed by atoms with van der Waals surface area (Å²) in [6.45, 7) is 1.68. The predicted octanol–water partition coefficient (Wildman–Crippen LogP) is 3.26. The molecule has 2 aromatic rings. The van der Waals surface area contributed by atoms with Crippen molar-refractivity contribution in [2.45, 2.75) is 13.3 Å². The monoisotopic (exact) mass is 275 g/mol. The third-order valence-corrected chi connectivity index (χ3v) is 2.65. The molecule has 20 heavy (non-hydrogen) atoms. The van der Waals surface area contributed by atoms with E-state index in [-0.39, 0.29) is 0 Å². The van der Waals surface area contributed by atoms with E-state index in [2.05, 4.69) is 10.5 Å². The van der Waals surface area contributed by atoms with Crippen LogP contribution in [0.15, 0.2) is 47.6 Å². The number of rotatable bonds is 4. The molecule has 3 nitrogen and oxygen atoms in total. The van der Waals surface area contributed by atoms with Crippen molar-refractivity contribution < 1.29 is 8.78 Å². The molecule has 0 bridgehead atoms. The Morgan fingerprint density at radius 2 is 1.65 bits per heavy atom. The van der Waals surface area contributed by atoms with Gasteiger partial charge >= 0.3 is 0 Å². The van der Waals surface area contributed by atoms with E-state index in [1.54, 1.807) is 6.92 Å². The maximum atomic E-state index is 13.1. The number of hydrogen-bond acceptors (Lipinski definition) is 2. The second-order valence-corrected chi connectivity index (χ2v) is 4.52. The van der Waals surface area contributed by atoms with E-state index in [1.807, 2.05) is 24.3 Å². The van der Waals surface area contributed by atoms with Gasteiger partial charge < -0.3 is 5.73 Å². The van der Waals surface area contributed by atoms with Crippen molar-refractivity contribution in [2.75, 3.05) is 5.43 Å². The standard InChI is InChI=1S/C15H15F2N3/c1-10(18)19-20-15-4-2-11(3-5-15)6-12-7-13(16)9-14(17)8-12/h2-5,7-9,20H,6H2,1H3,(H2,18,19). The molecule has 0 heterocycles. The van der Waals surface area contributed by atoms with Crippen molar-refractivity contribution in [1.29, 1.82) is 0 Å². The second kappa shape index (κ2) is 6.14. The highest BCUT2D eigenvalue weighted by Crippen LogP contribution is 2.15. The molecule has 0 unspecified atom stereocenters. The Hall–Kier alpha value is -2.43. The lowest BCUT2D eigenvalue weighted by Gasteiger charge is -2.05. The van der Waals surface area contributed by atoms with Crippen molar-refractivity contribution in [3.05, 3.63) is 65.2 Å². The SMILES string of the molecule is C/C(N)=N\Nc1ccc(Cc2cc(F)cc(F)c2)cc1. The lowest BCUT2D eigenvalue weighted by molar-refractivity contribution is 0.580. The Kier molecular flexibility index (Phi) is 4.30. The highest BCUT2D eigenvalue weighted by Gasteiger charge is 2.02. The van der Waals surface area contributed by atoms with Crippen molar-refractivity contribution in [1.82, 2.24) is 0 Å². The zero-order valence-corrected chi connectivity index (χ0v) is 11.0. The second-order valence-electron chi connectivity index (χ2n) is 4.52. The lowest BCUT2D eigenvalue weighted by atomic mass is 10.0. The number of hydrazone groups is 1. The predicted molar refractivity (Wildman–Crippen MR) is 76.5 cm³/mol. The van der Waals surface area contributed by atoms with E-state index in [4.69, 9.17) is 5.73 Å². The van der Waals surface area contributed by atoms with Gasteiger partial charge in [0.2, 0.25) is 0 Å². The molecule has 5 heteroatoms. The first-order chi connectivity index (χ1) is 9.52. The molecule has 104 valence electrons. The number of halogens is 2. The van der Waals surface area contributed by atoms with Crippen LogP contribution in [0.5, 0.6) is 0 Å². The molecule has 0 amide bonds. The third kappa shape index (κ3) is 4.05. The molecule has 0 aliphatic carbocycles. The van der Waals surface area contributed by atoms with Crippen LogP contribution in [0.4, 0.5) is 14.5 Å². The number of amidine groups is 1. The third-order valence-electron chi connectivity index (χ3n) is 2.65. The summed E-state index contributed by atoms with van der Waals surface area (Å²) in [6, 6.07) is 10.9. The molecule has 0 spiro atoms. The van der Waals surface area contributed by atoms with Gasteiger partial charge in [-0.1, -0.05) is 12.1 Å². The maximum Gasteiger partial charge on any atom is 0.126 e. The molecule has 0 radical (unpaired) electrons. The summed E-state index contributed by atoms with van der Waals surface area (Å²) in [7, 11) is 0. The Balaban J connectivity index is 2.08. The molecule has 0 atom stereocenters. The number of benzene rings is 2.